The number of amides is 1. The first-order valence-corrected chi connectivity index (χ1v) is 7.29. The van der Waals surface area contributed by atoms with Gasteiger partial charge in [-0.15, -0.1) is 0 Å². The number of ether oxygens (including phenoxy) is 2. The van der Waals surface area contributed by atoms with Gasteiger partial charge in [0, 0.05) is 18.0 Å². The summed E-state index contributed by atoms with van der Waals surface area (Å²) >= 11 is 0. The van der Waals surface area contributed by atoms with Crippen molar-refractivity contribution in [2.24, 2.45) is 5.10 Å². The summed E-state index contributed by atoms with van der Waals surface area (Å²) in [5.41, 5.74) is 3.97. The molecule has 1 aromatic carbocycles. The zero-order chi connectivity index (χ0) is 16.5. The van der Waals surface area contributed by atoms with Crippen molar-refractivity contribution in [2.75, 3.05) is 13.2 Å². The van der Waals surface area contributed by atoms with E-state index in [1.54, 1.807) is 31.5 Å². The molecule has 1 aromatic heterocycles. The molecule has 0 aliphatic rings. The lowest BCUT2D eigenvalue weighted by Crippen LogP contribution is -2.25. The Morgan fingerprint density at radius 1 is 1.17 bits per heavy atom. The lowest BCUT2D eigenvalue weighted by molar-refractivity contribution is -0.123. The smallest absolute Gasteiger partial charge is 0.277 e. The Morgan fingerprint density at radius 2 is 1.91 bits per heavy atom. The summed E-state index contributed by atoms with van der Waals surface area (Å²) in [5, 5.41) is 4.03. The molecule has 2 aromatic rings. The van der Waals surface area contributed by atoms with Crippen LogP contribution in [0.5, 0.6) is 11.5 Å². The SMILES string of the molecule is CCOc1ccccc1OCC(=O)NN=C(C)c1cccnc1. The first kappa shape index (κ1) is 16.5. The van der Waals surface area contributed by atoms with Gasteiger partial charge in [-0.25, -0.2) is 5.43 Å². The number of carbonyl (C=O) groups excluding carboxylic acids is 1. The van der Waals surface area contributed by atoms with E-state index in [0.717, 1.165) is 5.56 Å². The van der Waals surface area contributed by atoms with Crippen LogP contribution in [0.15, 0.2) is 53.9 Å². The fourth-order valence-corrected chi connectivity index (χ4v) is 1.81. The third-order valence-electron chi connectivity index (χ3n) is 2.94. The van der Waals surface area contributed by atoms with Crippen molar-refractivity contribution in [1.29, 1.82) is 0 Å². The van der Waals surface area contributed by atoms with Crippen molar-refractivity contribution in [3.05, 3.63) is 54.4 Å². The molecule has 0 saturated heterocycles. The Labute approximate surface area is 135 Å². The quantitative estimate of drug-likeness (QED) is 0.629. The van der Waals surface area contributed by atoms with Crippen LogP contribution in [0.25, 0.3) is 0 Å². The summed E-state index contributed by atoms with van der Waals surface area (Å²) < 4.78 is 10.9. The molecule has 2 rings (SSSR count). The van der Waals surface area contributed by atoms with Gasteiger partial charge in [-0.3, -0.25) is 9.78 Å². The average Bonchev–Trinajstić information content (AvgIpc) is 2.60. The first-order valence-electron chi connectivity index (χ1n) is 7.29. The predicted octanol–water partition coefficient (Wildman–Crippen LogP) is 2.40. The zero-order valence-corrected chi connectivity index (χ0v) is 13.2. The standard InChI is InChI=1S/C17H19N3O3/c1-3-22-15-8-4-5-9-16(15)23-12-17(21)20-19-13(2)14-7-6-10-18-11-14/h4-11H,3,12H2,1-2H3,(H,20,21). The Morgan fingerprint density at radius 3 is 2.57 bits per heavy atom. The molecule has 1 heterocycles. The molecule has 120 valence electrons. The summed E-state index contributed by atoms with van der Waals surface area (Å²) in [6, 6.07) is 10.9. The van der Waals surface area contributed by atoms with E-state index in [4.69, 9.17) is 9.47 Å². The van der Waals surface area contributed by atoms with Gasteiger partial charge >= 0.3 is 0 Å². The van der Waals surface area contributed by atoms with E-state index < -0.39 is 0 Å². The summed E-state index contributed by atoms with van der Waals surface area (Å²) in [6.07, 6.45) is 3.36. The van der Waals surface area contributed by atoms with Gasteiger partial charge in [-0.2, -0.15) is 5.10 Å². The largest absolute Gasteiger partial charge is 0.490 e. The highest BCUT2D eigenvalue weighted by atomic mass is 16.5. The van der Waals surface area contributed by atoms with E-state index in [9.17, 15) is 4.79 Å². The van der Waals surface area contributed by atoms with E-state index in [1.165, 1.54) is 0 Å². The number of carbonyl (C=O) groups is 1. The number of benzene rings is 1. The normalized spacial score (nSPS) is 11.0. The fraction of sp³-hybridized carbons (Fsp3) is 0.235. The number of pyridine rings is 1. The lowest BCUT2D eigenvalue weighted by Gasteiger charge is -2.10. The van der Waals surface area contributed by atoms with Gasteiger partial charge in [0.15, 0.2) is 18.1 Å². The molecule has 6 nitrogen and oxygen atoms in total. The Bertz CT molecular complexity index is 672. The predicted molar refractivity (Wildman–Crippen MR) is 87.7 cm³/mol. The number of hydrogen-bond acceptors (Lipinski definition) is 5. The highest BCUT2D eigenvalue weighted by Crippen LogP contribution is 2.26. The van der Waals surface area contributed by atoms with Crippen LogP contribution in [-0.4, -0.2) is 29.8 Å². The number of hydrazone groups is 1. The van der Waals surface area contributed by atoms with Crippen LogP contribution in [0.2, 0.25) is 0 Å². The molecule has 0 saturated carbocycles. The number of para-hydroxylation sites is 2. The molecule has 0 unspecified atom stereocenters. The Hall–Kier alpha value is -2.89. The fourth-order valence-electron chi connectivity index (χ4n) is 1.81. The van der Waals surface area contributed by atoms with Crippen molar-refractivity contribution in [2.45, 2.75) is 13.8 Å². The zero-order valence-electron chi connectivity index (χ0n) is 13.2. The highest BCUT2D eigenvalue weighted by molar-refractivity contribution is 5.98. The maximum atomic E-state index is 11.8. The van der Waals surface area contributed by atoms with Gasteiger partial charge in [0.05, 0.1) is 12.3 Å². The van der Waals surface area contributed by atoms with E-state index >= 15 is 0 Å². The molecular formula is C17H19N3O3. The van der Waals surface area contributed by atoms with E-state index in [2.05, 4.69) is 15.5 Å². The van der Waals surface area contributed by atoms with Crippen molar-refractivity contribution < 1.29 is 14.3 Å². The summed E-state index contributed by atoms with van der Waals surface area (Å²) in [7, 11) is 0. The molecule has 23 heavy (non-hydrogen) atoms. The second-order valence-electron chi connectivity index (χ2n) is 4.64. The van der Waals surface area contributed by atoms with Gasteiger partial charge in [-0.05, 0) is 32.0 Å². The van der Waals surface area contributed by atoms with Gasteiger partial charge in [0.25, 0.3) is 5.91 Å². The first-order chi connectivity index (χ1) is 11.2. The van der Waals surface area contributed by atoms with E-state index in [-0.39, 0.29) is 12.5 Å². The summed E-state index contributed by atoms with van der Waals surface area (Å²) in [4.78, 5) is 15.8. The third kappa shape index (κ3) is 5.10. The minimum absolute atomic E-state index is 0.145. The average molecular weight is 313 g/mol. The van der Waals surface area contributed by atoms with Gasteiger partial charge in [0.2, 0.25) is 0 Å². The molecule has 6 heteroatoms. The minimum atomic E-state index is -0.348. The minimum Gasteiger partial charge on any atom is -0.490 e. The summed E-state index contributed by atoms with van der Waals surface area (Å²) in [5.74, 6) is 0.787. The number of rotatable bonds is 7. The van der Waals surface area contributed by atoms with Gasteiger partial charge in [0.1, 0.15) is 0 Å². The molecule has 0 fully saturated rings. The topological polar surface area (TPSA) is 72.8 Å². The third-order valence-corrected chi connectivity index (χ3v) is 2.94. The number of nitrogens with one attached hydrogen (secondary N) is 1. The molecule has 0 atom stereocenters. The molecule has 0 aliphatic carbocycles. The molecule has 0 bridgehead atoms. The van der Waals surface area contributed by atoms with Crippen LogP contribution in [0, 0.1) is 0 Å². The number of nitrogens with zero attached hydrogens (tertiary/aromatic N) is 2. The number of hydrogen-bond donors (Lipinski definition) is 1. The maximum absolute atomic E-state index is 11.8. The highest BCUT2D eigenvalue weighted by Gasteiger charge is 2.07. The van der Waals surface area contributed by atoms with Crippen LogP contribution in [0.1, 0.15) is 19.4 Å². The lowest BCUT2D eigenvalue weighted by atomic mass is 10.2. The van der Waals surface area contributed by atoms with Crippen LogP contribution in [0.3, 0.4) is 0 Å². The van der Waals surface area contributed by atoms with Gasteiger partial charge in [-0.1, -0.05) is 18.2 Å². The van der Waals surface area contributed by atoms with Crippen LogP contribution >= 0.6 is 0 Å². The summed E-state index contributed by atoms with van der Waals surface area (Å²) in [6.45, 7) is 4.07. The second-order valence-corrected chi connectivity index (χ2v) is 4.64. The Kier molecular flexibility index (Phi) is 6.11. The van der Waals surface area contributed by atoms with Crippen molar-refractivity contribution in [3.63, 3.8) is 0 Å². The van der Waals surface area contributed by atoms with Crippen molar-refractivity contribution in [1.82, 2.24) is 10.4 Å². The Balaban J connectivity index is 1.88. The van der Waals surface area contributed by atoms with Crippen LogP contribution in [0.4, 0.5) is 0 Å². The van der Waals surface area contributed by atoms with Crippen LogP contribution in [-0.2, 0) is 4.79 Å². The van der Waals surface area contributed by atoms with Gasteiger partial charge < -0.3 is 9.47 Å². The molecule has 0 spiro atoms. The second kappa shape index (κ2) is 8.53. The van der Waals surface area contributed by atoms with Crippen molar-refractivity contribution >= 4 is 11.6 Å². The molecular weight excluding hydrogens is 294 g/mol. The number of aromatic nitrogens is 1. The van der Waals surface area contributed by atoms with E-state index in [0.29, 0.717) is 23.8 Å². The molecule has 0 radical (unpaired) electrons. The van der Waals surface area contributed by atoms with Crippen molar-refractivity contribution in [3.8, 4) is 11.5 Å². The molecule has 0 aliphatic heterocycles. The molecule has 1 N–H and O–H groups in total. The van der Waals surface area contributed by atoms with E-state index in [1.807, 2.05) is 31.2 Å². The monoisotopic (exact) mass is 313 g/mol. The van der Waals surface area contributed by atoms with Crippen LogP contribution < -0.4 is 14.9 Å². The molecule has 1 amide bonds. The maximum Gasteiger partial charge on any atom is 0.277 e.